The van der Waals surface area contributed by atoms with Crippen molar-refractivity contribution in [2.24, 2.45) is 0 Å². The lowest BCUT2D eigenvalue weighted by atomic mass is 9.80. The number of aryl methyl sites for hydroxylation is 1. The Morgan fingerprint density at radius 3 is 2.86 bits per heavy atom. The lowest BCUT2D eigenvalue weighted by molar-refractivity contribution is -0.152. The van der Waals surface area contributed by atoms with E-state index < -0.39 is 11.6 Å². The predicted octanol–water partition coefficient (Wildman–Crippen LogP) is 2.27. The molecule has 14 heavy (non-hydrogen) atoms. The normalized spacial score (nSPS) is 25.5. The van der Waals surface area contributed by atoms with Crippen molar-refractivity contribution in [3.63, 3.8) is 0 Å². The van der Waals surface area contributed by atoms with Gasteiger partial charge < -0.3 is 5.11 Å². The summed E-state index contributed by atoms with van der Waals surface area (Å²) in [6, 6.07) is 6.86. The van der Waals surface area contributed by atoms with Crippen LogP contribution in [0.15, 0.2) is 24.3 Å². The molecule has 0 radical (unpaired) electrons. The van der Waals surface area contributed by atoms with Gasteiger partial charge >= 0.3 is 5.97 Å². The summed E-state index contributed by atoms with van der Waals surface area (Å²) in [6.45, 7) is 0. The van der Waals surface area contributed by atoms with E-state index in [2.05, 4.69) is 0 Å². The number of benzene rings is 1. The molecule has 1 aliphatic carbocycles. The van der Waals surface area contributed by atoms with E-state index in [0.717, 1.165) is 12.0 Å². The molecule has 0 bridgehead atoms. The number of hydrogen-bond acceptors (Lipinski definition) is 1. The minimum Gasteiger partial charge on any atom is -0.479 e. The molecule has 3 heteroatoms. The van der Waals surface area contributed by atoms with Crippen LogP contribution in [0.4, 0.5) is 4.39 Å². The van der Waals surface area contributed by atoms with Gasteiger partial charge in [-0.2, -0.15) is 0 Å². The minimum atomic E-state index is -2.17. The molecule has 74 valence electrons. The zero-order chi connectivity index (χ0) is 10.2. The number of carboxylic acids is 1. The highest BCUT2D eigenvalue weighted by molar-refractivity contribution is 5.80. The third-order valence-corrected chi connectivity index (χ3v) is 2.75. The van der Waals surface area contributed by atoms with E-state index in [9.17, 15) is 9.18 Å². The number of carbonyl (C=O) groups is 1. The van der Waals surface area contributed by atoms with Crippen molar-refractivity contribution in [3.8, 4) is 0 Å². The van der Waals surface area contributed by atoms with Crippen LogP contribution in [-0.4, -0.2) is 11.1 Å². The van der Waals surface area contributed by atoms with E-state index >= 15 is 0 Å². The van der Waals surface area contributed by atoms with E-state index in [0.29, 0.717) is 12.0 Å². The van der Waals surface area contributed by atoms with Gasteiger partial charge in [0.25, 0.3) is 0 Å². The zero-order valence-electron chi connectivity index (χ0n) is 7.66. The van der Waals surface area contributed by atoms with E-state index in [-0.39, 0.29) is 6.42 Å². The zero-order valence-corrected chi connectivity index (χ0v) is 7.66. The summed E-state index contributed by atoms with van der Waals surface area (Å²) in [5.74, 6) is -1.37. The smallest absolute Gasteiger partial charge is 0.346 e. The van der Waals surface area contributed by atoms with Crippen molar-refractivity contribution in [2.45, 2.75) is 24.9 Å². The summed E-state index contributed by atoms with van der Waals surface area (Å²) in [6.07, 6.45) is 1.45. The lowest BCUT2D eigenvalue weighted by Crippen LogP contribution is -2.34. The highest BCUT2D eigenvalue weighted by Crippen LogP contribution is 2.38. The molecule has 2 rings (SSSR count). The molecule has 1 aromatic rings. The van der Waals surface area contributed by atoms with Crippen LogP contribution >= 0.6 is 0 Å². The first-order valence-electron chi connectivity index (χ1n) is 4.65. The van der Waals surface area contributed by atoms with Crippen molar-refractivity contribution < 1.29 is 14.3 Å². The number of halogens is 1. The van der Waals surface area contributed by atoms with Gasteiger partial charge in [-0.3, -0.25) is 0 Å². The molecule has 1 aromatic carbocycles. The van der Waals surface area contributed by atoms with Crippen molar-refractivity contribution in [1.29, 1.82) is 0 Å². The Labute approximate surface area is 81.4 Å². The average molecular weight is 194 g/mol. The Balaban J connectivity index is 2.55. The molecule has 1 N–H and O–H groups in total. The maximum absolute atomic E-state index is 14.1. The SMILES string of the molecule is O=C(O)C1(F)CCCc2ccccc21. The maximum Gasteiger partial charge on any atom is 0.346 e. The van der Waals surface area contributed by atoms with Crippen molar-refractivity contribution in [3.05, 3.63) is 35.4 Å². The van der Waals surface area contributed by atoms with E-state index in [1.807, 2.05) is 6.07 Å². The second kappa shape index (κ2) is 3.08. The highest BCUT2D eigenvalue weighted by Gasteiger charge is 2.43. The lowest BCUT2D eigenvalue weighted by Gasteiger charge is -2.28. The molecule has 1 atom stereocenters. The summed E-state index contributed by atoms with van der Waals surface area (Å²) < 4.78 is 14.1. The summed E-state index contributed by atoms with van der Waals surface area (Å²) in [7, 11) is 0. The van der Waals surface area contributed by atoms with Gasteiger partial charge in [0.15, 0.2) is 0 Å². The highest BCUT2D eigenvalue weighted by atomic mass is 19.1. The topological polar surface area (TPSA) is 37.3 Å². The van der Waals surface area contributed by atoms with Crippen molar-refractivity contribution >= 4 is 5.97 Å². The van der Waals surface area contributed by atoms with E-state index in [4.69, 9.17) is 5.11 Å². The summed E-state index contributed by atoms with van der Waals surface area (Å²) in [5, 5.41) is 8.87. The van der Waals surface area contributed by atoms with Gasteiger partial charge in [-0.15, -0.1) is 0 Å². The fraction of sp³-hybridized carbons (Fsp3) is 0.364. The van der Waals surface area contributed by atoms with E-state index in [1.165, 1.54) is 0 Å². The van der Waals surface area contributed by atoms with Gasteiger partial charge in [0.1, 0.15) is 0 Å². The number of aliphatic carboxylic acids is 1. The fourth-order valence-corrected chi connectivity index (χ4v) is 2.00. The molecule has 0 aromatic heterocycles. The Kier molecular flexibility index (Phi) is 2.02. The van der Waals surface area contributed by atoms with E-state index in [1.54, 1.807) is 18.2 Å². The van der Waals surface area contributed by atoms with Crippen LogP contribution in [0.25, 0.3) is 0 Å². The molecule has 0 fully saturated rings. The van der Waals surface area contributed by atoms with Crippen LogP contribution in [0.2, 0.25) is 0 Å². The Bertz CT molecular complexity index is 375. The van der Waals surface area contributed by atoms with Gasteiger partial charge in [-0.1, -0.05) is 24.3 Å². The molecule has 0 saturated heterocycles. The van der Waals surface area contributed by atoms with Gasteiger partial charge in [-0.05, 0) is 24.8 Å². The van der Waals surface area contributed by atoms with Crippen molar-refractivity contribution in [1.82, 2.24) is 0 Å². The molecule has 0 amide bonds. The maximum atomic E-state index is 14.1. The average Bonchev–Trinajstić information content (AvgIpc) is 2.18. The summed E-state index contributed by atoms with van der Waals surface area (Å²) in [5.41, 5.74) is -1.02. The molecule has 0 saturated carbocycles. The van der Waals surface area contributed by atoms with Gasteiger partial charge in [0.05, 0.1) is 0 Å². The van der Waals surface area contributed by atoms with Crippen LogP contribution in [0.1, 0.15) is 24.0 Å². The number of rotatable bonds is 1. The van der Waals surface area contributed by atoms with Crippen LogP contribution in [0, 0.1) is 0 Å². The first-order chi connectivity index (χ1) is 6.64. The number of carboxylic acid groups (broad SMARTS) is 1. The third kappa shape index (κ3) is 1.20. The van der Waals surface area contributed by atoms with Gasteiger partial charge in [0, 0.05) is 5.56 Å². The Morgan fingerprint density at radius 1 is 1.43 bits per heavy atom. The summed E-state index contributed by atoms with van der Waals surface area (Å²) in [4.78, 5) is 10.9. The Hall–Kier alpha value is -1.38. The van der Waals surface area contributed by atoms with Crippen LogP contribution in [0.3, 0.4) is 0 Å². The molecule has 2 nitrogen and oxygen atoms in total. The molecule has 1 unspecified atom stereocenters. The molecule has 0 aliphatic heterocycles. The Morgan fingerprint density at radius 2 is 2.14 bits per heavy atom. The molecule has 0 heterocycles. The second-order valence-electron chi connectivity index (χ2n) is 3.62. The third-order valence-electron chi connectivity index (χ3n) is 2.75. The molecule has 1 aliphatic rings. The molecular weight excluding hydrogens is 183 g/mol. The van der Waals surface area contributed by atoms with Crippen molar-refractivity contribution in [2.75, 3.05) is 0 Å². The molecular formula is C11H11FO2. The summed E-state index contributed by atoms with van der Waals surface area (Å²) >= 11 is 0. The predicted molar refractivity (Wildman–Crippen MR) is 49.8 cm³/mol. The fourth-order valence-electron chi connectivity index (χ4n) is 2.00. The number of hydrogen-bond donors (Lipinski definition) is 1. The first-order valence-corrected chi connectivity index (χ1v) is 4.65. The van der Waals surface area contributed by atoms with Crippen LogP contribution < -0.4 is 0 Å². The molecule has 0 spiro atoms. The second-order valence-corrected chi connectivity index (χ2v) is 3.62. The number of alkyl halides is 1. The number of fused-ring (bicyclic) bond motifs is 1. The van der Waals surface area contributed by atoms with Gasteiger partial charge in [0.2, 0.25) is 5.67 Å². The largest absolute Gasteiger partial charge is 0.479 e. The monoisotopic (exact) mass is 194 g/mol. The quantitative estimate of drug-likeness (QED) is 0.744. The van der Waals surface area contributed by atoms with Gasteiger partial charge in [-0.25, -0.2) is 9.18 Å². The minimum absolute atomic E-state index is 0.0827. The van der Waals surface area contributed by atoms with Crippen LogP contribution in [0.5, 0.6) is 0 Å². The standard InChI is InChI=1S/C11H11FO2/c12-11(10(13)14)7-3-5-8-4-1-2-6-9(8)11/h1-2,4,6H,3,5,7H2,(H,13,14). The first kappa shape index (κ1) is 9.19. The van der Waals surface area contributed by atoms with Crippen LogP contribution in [-0.2, 0) is 16.9 Å².